The number of aliphatic carboxylic acids is 1. The van der Waals surface area contributed by atoms with Gasteiger partial charge in [-0.05, 0) is 44.9 Å². The Morgan fingerprint density at radius 2 is 0.854 bits per heavy atom. The summed E-state index contributed by atoms with van der Waals surface area (Å²) in [5, 5.41) is 9.43. The van der Waals surface area contributed by atoms with Gasteiger partial charge in [0.25, 0.3) is 0 Å². The molecule has 0 fully saturated rings. The zero-order chi connectivity index (χ0) is 30.1. The highest BCUT2D eigenvalue weighted by Crippen LogP contribution is 2.16. The van der Waals surface area contributed by atoms with E-state index in [9.17, 15) is 14.7 Å². The minimum atomic E-state index is -1.01. The van der Waals surface area contributed by atoms with Crippen molar-refractivity contribution < 1.29 is 19.4 Å². The summed E-state index contributed by atoms with van der Waals surface area (Å²) in [6.45, 7) is 4.51. The fourth-order valence-corrected chi connectivity index (χ4v) is 5.49. The van der Waals surface area contributed by atoms with E-state index in [0.29, 0.717) is 12.8 Å². The zero-order valence-corrected chi connectivity index (χ0v) is 27.6. The third-order valence-corrected chi connectivity index (χ3v) is 8.26. The second-order valence-corrected chi connectivity index (χ2v) is 12.4. The summed E-state index contributed by atoms with van der Waals surface area (Å²) in [6, 6.07) is 0. The highest BCUT2D eigenvalue weighted by atomic mass is 16.6. The summed E-state index contributed by atoms with van der Waals surface area (Å²) in [7, 11) is 0. The van der Waals surface area contributed by atoms with Gasteiger partial charge >= 0.3 is 11.9 Å². The van der Waals surface area contributed by atoms with Gasteiger partial charge in [-0.25, -0.2) is 4.79 Å². The van der Waals surface area contributed by atoms with E-state index in [1.807, 2.05) is 0 Å². The van der Waals surface area contributed by atoms with E-state index >= 15 is 0 Å². The van der Waals surface area contributed by atoms with Crippen LogP contribution in [-0.4, -0.2) is 23.1 Å². The number of unbranched alkanes of at least 4 members (excludes halogenated alkanes) is 25. The molecule has 4 heteroatoms. The molecule has 0 aliphatic carbocycles. The lowest BCUT2D eigenvalue weighted by Gasteiger charge is -2.13. The lowest BCUT2D eigenvalue weighted by molar-refractivity contribution is -0.164. The Balaban J connectivity index is 3.50. The molecule has 0 heterocycles. The van der Waals surface area contributed by atoms with E-state index in [1.54, 1.807) is 0 Å². The van der Waals surface area contributed by atoms with Gasteiger partial charge in [0.05, 0.1) is 0 Å². The average molecular weight is 579 g/mol. The van der Waals surface area contributed by atoms with E-state index < -0.39 is 12.1 Å². The number of carbonyl (C=O) groups is 2. The molecular weight excluding hydrogens is 508 g/mol. The van der Waals surface area contributed by atoms with Crippen molar-refractivity contribution in [3.05, 3.63) is 12.2 Å². The molecular formula is C37H70O4. The summed E-state index contributed by atoms with van der Waals surface area (Å²) in [5.74, 6) is -1.35. The van der Waals surface area contributed by atoms with Crippen LogP contribution in [0.4, 0.5) is 0 Å². The molecule has 0 aliphatic rings. The molecule has 0 saturated heterocycles. The summed E-state index contributed by atoms with van der Waals surface area (Å²) in [4.78, 5) is 23.6. The molecule has 4 nitrogen and oxygen atoms in total. The predicted molar refractivity (Wildman–Crippen MR) is 177 cm³/mol. The minimum absolute atomic E-state index is 0.342. The van der Waals surface area contributed by atoms with Crippen molar-refractivity contribution in [1.29, 1.82) is 0 Å². The second-order valence-electron chi connectivity index (χ2n) is 12.4. The average Bonchev–Trinajstić information content (AvgIpc) is 2.96. The molecule has 0 spiro atoms. The third-order valence-electron chi connectivity index (χ3n) is 8.26. The molecule has 0 saturated carbocycles. The Morgan fingerprint density at radius 3 is 1.24 bits per heavy atom. The number of carboxylic acid groups (broad SMARTS) is 1. The number of ether oxygens (including phenoxy) is 1. The molecule has 0 aromatic carbocycles. The third kappa shape index (κ3) is 31.4. The van der Waals surface area contributed by atoms with Gasteiger partial charge in [0.2, 0.25) is 0 Å². The summed E-state index contributed by atoms with van der Waals surface area (Å²) >= 11 is 0. The Morgan fingerprint density at radius 1 is 0.512 bits per heavy atom. The van der Waals surface area contributed by atoms with Crippen LogP contribution in [0.3, 0.4) is 0 Å². The number of esters is 1. The van der Waals surface area contributed by atoms with E-state index in [-0.39, 0.29) is 5.97 Å². The van der Waals surface area contributed by atoms with Gasteiger partial charge in [0.15, 0.2) is 6.10 Å². The largest absolute Gasteiger partial charge is 0.479 e. The maximum atomic E-state index is 12.1. The van der Waals surface area contributed by atoms with E-state index in [2.05, 4.69) is 26.0 Å². The number of carboxylic acids is 1. The van der Waals surface area contributed by atoms with Crippen molar-refractivity contribution >= 4 is 11.9 Å². The van der Waals surface area contributed by atoms with Crippen LogP contribution in [0.1, 0.15) is 206 Å². The first kappa shape index (κ1) is 39.7. The van der Waals surface area contributed by atoms with Crippen LogP contribution in [0.25, 0.3) is 0 Å². The standard InChI is InChI=1S/C37H70O4/c1-3-5-7-9-11-13-15-16-17-18-19-20-21-22-23-24-26-28-30-32-34-36(38)41-35(37(39)40)33-31-29-27-25-14-12-10-8-6-4-2/h16-17,35H,3-15,18-34H2,1-2H3,(H,39,40)/b17-16-. The van der Waals surface area contributed by atoms with Gasteiger partial charge in [-0.1, -0.05) is 167 Å². The van der Waals surface area contributed by atoms with Crippen molar-refractivity contribution in [1.82, 2.24) is 0 Å². The highest BCUT2D eigenvalue weighted by molar-refractivity contribution is 5.77. The van der Waals surface area contributed by atoms with Gasteiger partial charge in [-0.2, -0.15) is 0 Å². The van der Waals surface area contributed by atoms with Gasteiger partial charge in [0.1, 0.15) is 0 Å². The molecule has 1 N–H and O–H groups in total. The van der Waals surface area contributed by atoms with E-state index in [4.69, 9.17) is 4.74 Å². The Bertz CT molecular complexity index is 585. The Hall–Kier alpha value is -1.32. The van der Waals surface area contributed by atoms with Gasteiger partial charge in [0, 0.05) is 6.42 Å². The van der Waals surface area contributed by atoms with E-state index in [1.165, 1.54) is 141 Å². The van der Waals surface area contributed by atoms with Crippen molar-refractivity contribution in [2.24, 2.45) is 0 Å². The van der Waals surface area contributed by atoms with Crippen LogP contribution in [-0.2, 0) is 14.3 Å². The second kappa shape index (κ2) is 33.2. The molecule has 1 unspecified atom stereocenters. The Kier molecular flexibility index (Phi) is 32.1. The lowest BCUT2D eigenvalue weighted by atomic mass is 10.0. The smallest absolute Gasteiger partial charge is 0.345 e. The molecule has 242 valence electrons. The molecule has 0 aromatic rings. The van der Waals surface area contributed by atoms with Crippen molar-refractivity contribution in [2.75, 3.05) is 0 Å². The van der Waals surface area contributed by atoms with Crippen molar-refractivity contribution in [2.45, 2.75) is 213 Å². The van der Waals surface area contributed by atoms with Gasteiger partial charge in [-0.3, -0.25) is 4.79 Å². The number of hydrogen-bond acceptors (Lipinski definition) is 3. The molecule has 0 amide bonds. The first-order valence-corrected chi connectivity index (χ1v) is 18.2. The van der Waals surface area contributed by atoms with Crippen LogP contribution in [0, 0.1) is 0 Å². The monoisotopic (exact) mass is 579 g/mol. The van der Waals surface area contributed by atoms with Crippen LogP contribution in [0.2, 0.25) is 0 Å². The van der Waals surface area contributed by atoms with Crippen molar-refractivity contribution in [3.8, 4) is 0 Å². The lowest BCUT2D eigenvalue weighted by Crippen LogP contribution is -2.27. The number of hydrogen-bond donors (Lipinski definition) is 1. The minimum Gasteiger partial charge on any atom is -0.479 e. The fourth-order valence-electron chi connectivity index (χ4n) is 5.49. The first-order valence-electron chi connectivity index (χ1n) is 18.2. The zero-order valence-electron chi connectivity index (χ0n) is 27.6. The van der Waals surface area contributed by atoms with Crippen LogP contribution < -0.4 is 0 Å². The number of allylic oxidation sites excluding steroid dienone is 2. The molecule has 0 aliphatic heterocycles. The predicted octanol–water partition coefficient (Wildman–Crippen LogP) is 12.3. The van der Waals surface area contributed by atoms with E-state index in [0.717, 1.165) is 38.5 Å². The van der Waals surface area contributed by atoms with Gasteiger partial charge in [-0.15, -0.1) is 0 Å². The van der Waals surface area contributed by atoms with Crippen LogP contribution in [0.5, 0.6) is 0 Å². The molecule has 41 heavy (non-hydrogen) atoms. The highest BCUT2D eigenvalue weighted by Gasteiger charge is 2.21. The normalized spacial score (nSPS) is 12.2. The Labute approximate surface area is 255 Å². The SMILES string of the molecule is CCCCCCCC/C=C\CCCCCCCCCCCCC(=O)OC(CCCCCCCCCCCC)C(=O)O. The van der Waals surface area contributed by atoms with Crippen LogP contribution >= 0.6 is 0 Å². The molecule has 0 bridgehead atoms. The summed E-state index contributed by atoms with van der Waals surface area (Å²) in [6.07, 6.45) is 39.6. The summed E-state index contributed by atoms with van der Waals surface area (Å²) < 4.78 is 5.29. The van der Waals surface area contributed by atoms with Crippen LogP contribution in [0.15, 0.2) is 12.2 Å². The number of carbonyl (C=O) groups excluding carboxylic acids is 1. The molecule has 0 rings (SSSR count). The number of rotatable bonds is 33. The summed E-state index contributed by atoms with van der Waals surface area (Å²) in [5.41, 5.74) is 0. The molecule has 1 atom stereocenters. The van der Waals surface area contributed by atoms with Crippen molar-refractivity contribution in [3.63, 3.8) is 0 Å². The van der Waals surface area contributed by atoms with Gasteiger partial charge < -0.3 is 9.84 Å². The maximum absolute atomic E-state index is 12.1. The maximum Gasteiger partial charge on any atom is 0.345 e. The first-order chi connectivity index (χ1) is 20.1. The quantitative estimate of drug-likeness (QED) is 0.0478. The molecule has 0 aromatic heterocycles. The molecule has 0 radical (unpaired) electrons. The fraction of sp³-hybridized carbons (Fsp3) is 0.892. The topological polar surface area (TPSA) is 63.6 Å².